The van der Waals surface area contributed by atoms with Crippen molar-refractivity contribution >= 4 is 23.6 Å². The minimum atomic E-state index is -0.414. The number of carbonyl (C=O) groups is 4. The minimum absolute atomic E-state index is 0.112. The quantitative estimate of drug-likeness (QED) is 0.123. The van der Waals surface area contributed by atoms with Crippen LogP contribution in [0.4, 0.5) is 0 Å². The Morgan fingerprint density at radius 3 is 0.714 bits per heavy atom. The molecule has 0 saturated carbocycles. The van der Waals surface area contributed by atoms with E-state index in [1.54, 1.807) is 0 Å². The van der Waals surface area contributed by atoms with Crippen molar-refractivity contribution in [2.45, 2.75) is 26.4 Å². The Balaban J connectivity index is 1.30. The van der Waals surface area contributed by atoms with Crippen LogP contribution in [0, 0.1) is 0 Å². The first-order valence-corrected chi connectivity index (χ1v) is 19.0. The Morgan fingerprint density at radius 1 is 0.321 bits per heavy atom. The number of ether oxygens (including phenoxy) is 4. The molecule has 0 aliphatic carbocycles. The molecule has 12 heteroatoms. The predicted molar refractivity (Wildman–Crippen MR) is 211 cm³/mol. The molecule has 0 radical (unpaired) electrons. The lowest BCUT2D eigenvalue weighted by Gasteiger charge is -2.33. The van der Waals surface area contributed by atoms with E-state index in [9.17, 15) is 19.2 Å². The molecule has 0 bridgehead atoms. The average Bonchev–Trinajstić information content (AvgIpc) is 3.23. The molecular formula is C44H52N4O8. The zero-order chi connectivity index (χ0) is 39.2. The van der Waals surface area contributed by atoms with Gasteiger partial charge in [-0.2, -0.15) is 0 Å². The number of hydrogen-bond donors (Lipinski definition) is 0. The molecule has 4 aromatic rings. The molecule has 12 nitrogen and oxygen atoms in total. The van der Waals surface area contributed by atoms with Crippen LogP contribution in [-0.2, 0) is 64.6 Å². The maximum absolute atomic E-state index is 14.0. The molecule has 4 amide bonds. The summed E-state index contributed by atoms with van der Waals surface area (Å²) in [5.74, 6) is -1.66. The predicted octanol–water partition coefficient (Wildman–Crippen LogP) is 4.18. The van der Waals surface area contributed by atoms with E-state index in [0.717, 1.165) is 22.3 Å². The summed E-state index contributed by atoms with van der Waals surface area (Å²) >= 11 is 0. The van der Waals surface area contributed by atoms with Crippen LogP contribution >= 0.6 is 0 Å². The first kappa shape index (κ1) is 41.8. The van der Waals surface area contributed by atoms with Gasteiger partial charge >= 0.3 is 0 Å². The van der Waals surface area contributed by atoms with Crippen LogP contribution in [0.15, 0.2) is 121 Å². The molecule has 1 aliphatic heterocycles. The number of benzene rings is 4. The van der Waals surface area contributed by atoms with Crippen LogP contribution in [0.2, 0.25) is 0 Å². The maximum atomic E-state index is 14.0. The van der Waals surface area contributed by atoms with Gasteiger partial charge < -0.3 is 38.5 Å². The standard InChI is InChI=1S/C44H52N4O8/c49-41-30-46(22-26-54-34-38-15-7-2-8-16-38)43(51)32-48(24-28-56-36-40-19-11-4-12-20-40)44(52)31-47(23-27-55-35-39-17-9-3-10-18-39)42(50)29-45(41)21-25-53-33-37-13-5-1-6-14-37/h1-20H,21-36H2. The van der Waals surface area contributed by atoms with Gasteiger partial charge in [-0.3, -0.25) is 19.2 Å². The SMILES string of the molecule is O=C1CN(CCOCc2ccccc2)C(=O)CN(CCOCc2ccccc2)C(=O)CN(CCOCc2ccccc2)C(=O)CN1CCOCc1ccccc1. The van der Waals surface area contributed by atoms with Gasteiger partial charge in [0, 0.05) is 26.2 Å². The van der Waals surface area contributed by atoms with Crippen molar-refractivity contribution in [2.24, 2.45) is 0 Å². The highest BCUT2D eigenvalue weighted by molar-refractivity contribution is 5.93. The number of hydrogen-bond acceptors (Lipinski definition) is 8. The molecule has 56 heavy (non-hydrogen) atoms. The van der Waals surface area contributed by atoms with Crippen LogP contribution in [0.3, 0.4) is 0 Å². The van der Waals surface area contributed by atoms with Crippen molar-refractivity contribution in [2.75, 3.05) is 78.8 Å². The third-order valence-electron chi connectivity index (χ3n) is 9.18. The summed E-state index contributed by atoms with van der Waals surface area (Å²) in [6.45, 7) is 1.26. The van der Waals surface area contributed by atoms with Gasteiger partial charge in [0.2, 0.25) is 23.6 Å². The molecule has 296 valence electrons. The highest BCUT2D eigenvalue weighted by Crippen LogP contribution is 2.09. The third kappa shape index (κ3) is 14.7. The van der Waals surface area contributed by atoms with Crippen LogP contribution in [0.25, 0.3) is 0 Å². The zero-order valence-corrected chi connectivity index (χ0v) is 31.9. The lowest BCUT2D eigenvalue weighted by atomic mass is 10.2. The van der Waals surface area contributed by atoms with E-state index >= 15 is 0 Å². The van der Waals surface area contributed by atoms with Gasteiger partial charge in [-0.25, -0.2) is 0 Å². The van der Waals surface area contributed by atoms with Gasteiger partial charge in [-0.1, -0.05) is 121 Å². The van der Waals surface area contributed by atoms with Crippen molar-refractivity contribution in [1.82, 2.24) is 19.6 Å². The molecule has 4 aromatic carbocycles. The summed E-state index contributed by atoms with van der Waals surface area (Å²) in [6.07, 6.45) is 0. The lowest BCUT2D eigenvalue weighted by molar-refractivity contribution is -0.151. The average molecular weight is 765 g/mol. The maximum Gasteiger partial charge on any atom is 0.242 e. The van der Waals surface area contributed by atoms with Gasteiger partial charge in [0.1, 0.15) is 0 Å². The van der Waals surface area contributed by atoms with E-state index in [2.05, 4.69) is 0 Å². The van der Waals surface area contributed by atoms with E-state index < -0.39 is 23.6 Å². The van der Waals surface area contributed by atoms with Gasteiger partial charge in [-0.15, -0.1) is 0 Å². The van der Waals surface area contributed by atoms with Crippen molar-refractivity contribution in [3.8, 4) is 0 Å². The summed E-state index contributed by atoms with van der Waals surface area (Å²) in [5.41, 5.74) is 3.91. The zero-order valence-electron chi connectivity index (χ0n) is 31.9. The Kier molecular flexibility index (Phi) is 17.5. The van der Waals surface area contributed by atoms with Crippen molar-refractivity contribution in [3.63, 3.8) is 0 Å². The topological polar surface area (TPSA) is 118 Å². The molecular weight excluding hydrogens is 713 g/mol. The van der Waals surface area contributed by atoms with Crippen molar-refractivity contribution in [1.29, 1.82) is 0 Å². The highest BCUT2D eigenvalue weighted by atomic mass is 16.5. The fraction of sp³-hybridized carbons (Fsp3) is 0.364. The third-order valence-corrected chi connectivity index (χ3v) is 9.18. The van der Waals surface area contributed by atoms with Crippen LogP contribution < -0.4 is 0 Å². The number of amides is 4. The molecule has 5 rings (SSSR count). The van der Waals surface area contributed by atoms with Crippen LogP contribution in [0.1, 0.15) is 22.3 Å². The smallest absolute Gasteiger partial charge is 0.242 e. The van der Waals surface area contributed by atoms with Gasteiger partial charge in [0.05, 0.1) is 79.0 Å². The van der Waals surface area contributed by atoms with Crippen molar-refractivity contribution in [3.05, 3.63) is 144 Å². The monoisotopic (exact) mass is 764 g/mol. The molecule has 1 heterocycles. The summed E-state index contributed by atoms with van der Waals surface area (Å²) in [4.78, 5) is 61.6. The van der Waals surface area contributed by atoms with E-state index in [1.165, 1.54) is 19.6 Å². The second-order valence-corrected chi connectivity index (χ2v) is 13.4. The Labute approximate surface area is 329 Å². The fourth-order valence-electron chi connectivity index (χ4n) is 5.98. The Hall–Kier alpha value is -5.40. The molecule has 1 saturated heterocycles. The lowest BCUT2D eigenvalue weighted by Crippen LogP contribution is -2.55. The first-order valence-electron chi connectivity index (χ1n) is 19.0. The molecule has 1 aliphatic rings. The van der Waals surface area contributed by atoms with E-state index in [-0.39, 0.29) is 78.8 Å². The molecule has 0 unspecified atom stereocenters. The van der Waals surface area contributed by atoms with Gasteiger partial charge in [-0.05, 0) is 22.3 Å². The summed E-state index contributed by atoms with van der Waals surface area (Å²) in [5, 5.41) is 0. The minimum Gasteiger partial charge on any atom is -0.375 e. The van der Waals surface area contributed by atoms with Gasteiger partial charge in [0.15, 0.2) is 0 Å². The van der Waals surface area contributed by atoms with E-state index in [0.29, 0.717) is 26.4 Å². The number of carbonyl (C=O) groups excluding carboxylic acids is 4. The second-order valence-electron chi connectivity index (χ2n) is 13.4. The molecule has 0 spiro atoms. The fourth-order valence-corrected chi connectivity index (χ4v) is 5.98. The van der Waals surface area contributed by atoms with E-state index in [4.69, 9.17) is 18.9 Å². The van der Waals surface area contributed by atoms with Crippen molar-refractivity contribution < 1.29 is 38.1 Å². The van der Waals surface area contributed by atoms with Crippen LogP contribution in [0.5, 0.6) is 0 Å². The number of nitrogens with zero attached hydrogens (tertiary/aromatic N) is 4. The second kappa shape index (κ2) is 23.5. The molecule has 0 aromatic heterocycles. The van der Waals surface area contributed by atoms with Crippen LogP contribution in [-0.4, -0.2) is 122 Å². The molecule has 1 fully saturated rings. The summed E-state index contributed by atoms with van der Waals surface area (Å²) in [6, 6.07) is 38.6. The largest absolute Gasteiger partial charge is 0.375 e. The first-order chi connectivity index (χ1) is 27.4. The summed E-state index contributed by atoms with van der Waals surface area (Å²) < 4.78 is 23.6. The summed E-state index contributed by atoms with van der Waals surface area (Å²) in [7, 11) is 0. The number of rotatable bonds is 20. The van der Waals surface area contributed by atoms with Gasteiger partial charge in [0.25, 0.3) is 0 Å². The van der Waals surface area contributed by atoms with E-state index in [1.807, 2.05) is 121 Å². The highest BCUT2D eigenvalue weighted by Gasteiger charge is 2.30. The Bertz CT molecular complexity index is 1500. The normalized spacial score (nSPS) is 14.6. The molecule has 0 N–H and O–H groups in total. The Morgan fingerprint density at radius 2 is 0.518 bits per heavy atom. The molecule has 0 atom stereocenters.